The third-order valence-electron chi connectivity index (χ3n) is 2.16. The van der Waals surface area contributed by atoms with E-state index in [1.165, 1.54) is 0 Å². The van der Waals surface area contributed by atoms with Crippen molar-refractivity contribution in [3.63, 3.8) is 0 Å². The SMILES string of the molecule is O=C(O)CN(CCOc1ccccc1)CP(=O)(O)O. The first-order valence-corrected chi connectivity index (χ1v) is 7.33. The third-order valence-corrected chi connectivity index (χ3v) is 2.93. The predicted octanol–water partition coefficient (Wildman–Crippen LogP) is 0.587. The average molecular weight is 289 g/mol. The van der Waals surface area contributed by atoms with Gasteiger partial charge in [-0.05, 0) is 12.1 Å². The second-order valence-electron chi connectivity index (χ2n) is 3.91. The lowest BCUT2D eigenvalue weighted by atomic mass is 10.3. The van der Waals surface area contributed by atoms with Gasteiger partial charge in [-0.3, -0.25) is 14.3 Å². The Morgan fingerprint density at radius 1 is 1.26 bits per heavy atom. The molecule has 0 unspecified atom stereocenters. The quantitative estimate of drug-likeness (QED) is 0.601. The van der Waals surface area contributed by atoms with Gasteiger partial charge < -0.3 is 19.6 Å². The van der Waals surface area contributed by atoms with Crippen molar-refractivity contribution in [3.8, 4) is 5.75 Å². The van der Waals surface area contributed by atoms with Gasteiger partial charge in [-0.25, -0.2) is 0 Å². The zero-order valence-corrected chi connectivity index (χ0v) is 11.1. The zero-order chi connectivity index (χ0) is 14.3. The lowest BCUT2D eigenvalue weighted by Gasteiger charge is -2.20. The summed E-state index contributed by atoms with van der Waals surface area (Å²) >= 11 is 0. The third kappa shape index (κ3) is 7.58. The number of nitrogens with zero attached hydrogens (tertiary/aromatic N) is 1. The van der Waals surface area contributed by atoms with Gasteiger partial charge in [-0.2, -0.15) is 0 Å². The van der Waals surface area contributed by atoms with E-state index in [4.69, 9.17) is 19.6 Å². The van der Waals surface area contributed by atoms with E-state index in [1.54, 1.807) is 24.3 Å². The van der Waals surface area contributed by atoms with Crippen molar-refractivity contribution in [2.24, 2.45) is 0 Å². The Labute approximate surface area is 110 Å². The number of carboxylic acids is 1. The van der Waals surface area contributed by atoms with E-state index in [9.17, 15) is 9.36 Å². The number of hydrogen-bond donors (Lipinski definition) is 3. The fourth-order valence-corrected chi connectivity index (χ4v) is 2.22. The summed E-state index contributed by atoms with van der Waals surface area (Å²) in [6.07, 6.45) is -0.600. The number of hydrogen-bond acceptors (Lipinski definition) is 4. The Hall–Kier alpha value is -1.40. The van der Waals surface area contributed by atoms with Gasteiger partial charge in [0.05, 0.1) is 6.54 Å². The topological polar surface area (TPSA) is 107 Å². The summed E-state index contributed by atoms with van der Waals surface area (Å²) in [6.45, 7) is -0.174. The van der Waals surface area contributed by atoms with Crippen molar-refractivity contribution in [2.45, 2.75) is 0 Å². The molecule has 0 atom stereocenters. The molecule has 0 saturated carbocycles. The van der Waals surface area contributed by atoms with E-state index >= 15 is 0 Å². The Morgan fingerprint density at radius 2 is 1.89 bits per heavy atom. The summed E-state index contributed by atoms with van der Waals surface area (Å²) in [5.41, 5.74) is 0. The van der Waals surface area contributed by atoms with Gasteiger partial charge in [0, 0.05) is 6.54 Å². The highest BCUT2D eigenvalue weighted by molar-refractivity contribution is 7.51. The molecule has 8 heteroatoms. The summed E-state index contributed by atoms with van der Waals surface area (Å²) in [5, 5.41) is 8.66. The van der Waals surface area contributed by atoms with Crippen LogP contribution >= 0.6 is 7.60 Å². The summed E-state index contributed by atoms with van der Waals surface area (Å²) < 4.78 is 16.2. The van der Waals surface area contributed by atoms with Crippen LogP contribution in [-0.2, 0) is 9.36 Å². The molecule has 1 aromatic carbocycles. The Bertz CT molecular complexity index is 446. The maximum absolute atomic E-state index is 10.9. The number of aliphatic carboxylic acids is 1. The minimum atomic E-state index is -4.28. The van der Waals surface area contributed by atoms with Crippen LogP contribution in [-0.4, -0.2) is 51.7 Å². The molecule has 19 heavy (non-hydrogen) atoms. The predicted molar refractivity (Wildman–Crippen MR) is 68.1 cm³/mol. The van der Waals surface area contributed by atoms with Crippen LogP contribution in [0, 0.1) is 0 Å². The summed E-state index contributed by atoms with van der Waals surface area (Å²) in [4.78, 5) is 29.4. The number of rotatable bonds is 8. The molecule has 0 aliphatic carbocycles. The van der Waals surface area contributed by atoms with Crippen LogP contribution in [0.3, 0.4) is 0 Å². The van der Waals surface area contributed by atoms with Crippen LogP contribution in [0.5, 0.6) is 5.75 Å². The van der Waals surface area contributed by atoms with E-state index in [2.05, 4.69) is 0 Å². The Morgan fingerprint density at radius 3 is 2.42 bits per heavy atom. The van der Waals surface area contributed by atoms with Crippen molar-refractivity contribution >= 4 is 13.6 Å². The summed E-state index contributed by atoms with van der Waals surface area (Å²) in [7, 11) is -4.28. The van der Waals surface area contributed by atoms with Gasteiger partial charge in [-0.1, -0.05) is 18.2 Å². The number of benzene rings is 1. The van der Waals surface area contributed by atoms with Crippen LogP contribution in [0.15, 0.2) is 30.3 Å². The highest BCUT2D eigenvalue weighted by Gasteiger charge is 2.20. The molecule has 106 valence electrons. The average Bonchev–Trinajstić information content (AvgIpc) is 2.27. The molecule has 0 aromatic heterocycles. The van der Waals surface area contributed by atoms with E-state index in [0.29, 0.717) is 5.75 Å². The molecule has 3 N–H and O–H groups in total. The largest absolute Gasteiger partial charge is 0.492 e. The molecular weight excluding hydrogens is 273 g/mol. The molecule has 1 rings (SSSR count). The van der Waals surface area contributed by atoms with Gasteiger partial charge in [-0.15, -0.1) is 0 Å². The highest BCUT2D eigenvalue weighted by atomic mass is 31.2. The Balaban J connectivity index is 2.44. The molecule has 0 fully saturated rings. The molecule has 0 spiro atoms. The normalized spacial score (nSPS) is 11.5. The maximum Gasteiger partial charge on any atom is 0.339 e. The van der Waals surface area contributed by atoms with E-state index < -0.39 is 26.4 Å². The lowest BCUT2D eigenvalue weighted by molar-refractivity contribution is -0.138. The summed E-state index contributed by atoms with van der Waals surface area (Å²) in [5.74, 6) is -0.526. The second kappa shape index (κ2) is 7.25. The van der Waals surface area contributed by atoms with E-state index in [-0.39, 0.29) is 13.2 Å². The van der Waals surface area contributed by atoms with E-state index in [0.717, 1.165) is 4.90 Å². The molecule has 0 radical (unpaired) electrons. The number of para-hydroxylation sites is 1. The van der Waals surface area contributed by atoms with Gasteiger partial charge in [0.25, 0.3) is 0 Å². The van der Waals surface area contributed by atoms with Crippen LogP contribution in [0.4, 0.5) is 0 Å². The molecule has 0 amide bonds. The van der Waals surface area contributed by atoms with Gasteiger partial charge >= 0.3 is 13.6 Å². The van der Waals surface area contributed by atoms with Crippen molar-refractivity contribution in [3.05, 3.63) is 30.3 Å². The van der Waals surface area contributed by atoms with Crippen molar-refractivity contribution in [2.75, 3.05) is 26.0 Å². The van der Waals surface area contributed by atoms with Crippen molar-refractivity contribution in [1.82, 2.24) is 4.90 Å². The lowest BCUT2D eigenvalue weighted by Crippen LogP contribution is -2.34. The molecular formula is C11H16NO6P. The van der Waals surface area contributed by atoms with Crippen LogP contribution in [0.1, 0.15) is 0 Å². The number of carbonyl (C=O) groups is 1. The van der Waals surface area contributed by atoms with Gasteiger partial charge in [0.2, 0.25) is 0 Å². The second-order valence-corrected chi connectivity index (χ2v) is 5.53. The zero-order valence-electron chi connectivity index (χ0n) is 10.2. The number of carboxylic acid groups (broad SMARTS) is 1. The standard InChI is InChI=1S/C11H16NO6P/c13-11(14)8-12(9-19(15,16)17)6-7-18-10-4-2-1-3-5-10/h1-5H,6-9H2,(H,13,14)(H2,15,16,17). The van der Waals surface area contributed by atoms with Gasteiger partial charge in [0.15, 0.2) is 0 Å². The fourth-order valence-electron chi connectivity index (χ4n) is 1.46. The Kier molecular flexibility index (Phi) is 5.98. The summed E-state index contributed by atoms with van der Waals surface area (Å²) in [6, 6.07) is 8.90. The smallest absolute Gasteiger partial charge is 0.339 e. The first-order valence-electron chi connectivity index (χ1n) is 5.53. The van der Waals surface area contributed by atoms with Crippen molar-refractivity contribution < 1.29 is 29.0 Å². The van der Waals surface area contributed by atoms with Crippen LogP contribution < -0.4 is 4.74 Å². The first-order chi connectivity index (χ1) is 8.87. The van der Waals surface area contributed by atoms with Gasteiger partial charge in [0.1, 0.15) is 18.6 Å². The molecule has 0 aliphatic heterocycles. The maximum atomic E-state index is 10.9. The fraction of sp³-hybridized carbons (Fsp3) is 0.364. The van der Waals surface area contributed by atoms with Crippen LogP contribution in [0.2, 0.25) is 0 Å². The van der Waals surface area contributed by atoms with E-state index in [1.807, 2.05) is 6.07 Å². The number of ether oxygens (including phenoxy) is 1. The molecule has 0 saturated heterocycles. The molecule has 0 aliphatic rings. The minimum absolute atomic E-state index is 0.117. The molecule has 7 nitrogen and oxygen atoms in total. The molecule has 0 bridgehead atoms. The molecule has 0 heterocycles. The first kappa shape index (κ1) is 15.7. The minimum Gasteiger partial charge on any atom is -0.492 e. The monoisotopic (exact) mass is 289 g/mol. The molecule has 1 aromatic rings. The van der Waals surface area contributed by atoms with Crippen LogP contribution in [0.25, 0.3) is 0 Å². The highest BCUT2D eigenvalue weighted by Crippen LogP contribution is 2.34. The van der Waals surface area contributed by atoms with Crippen molar-refractivity contribution in [1.29, 1.82) is 0 Å².